The number of amides is 1. The number of hydrogen-bond acceptors (Lipinski definition) is 8. The quantitative estimate of drug-likeness (QED) is 0.613. The third-order valence-corrected chi connectivity index (χ3v) is 4.83. The molecule has 3 rings (SSSR count). The predicted molar refractivity (Wildman–Crippen MR) is 117 cm³/mol. The van der Waals surface area contributed by atoms with Gasteiger partial charge in [0.1, 0.15) is 23.7 Å². The number of rotatable bonds is 2. The molecule has 1 aliphatic rings. The minimum Gasteiger partial charge on any atom is -0.467 e. The zero-order chi connectivity index (χ0) is 23.6. The highest BCUT2D eigenvalue weighted by atomic mass is 19.1. The van der Waals surface area contributed by atoms with E-state index in [4.69, 9.17) is 15.9 Å². The summed E-state index contributed by atoms with van der Waals surface area (Å²) in [7, 11) is 1.53. The first kappa shape index (κ1) is 22.7. The fourth-order valence-corrected chi connectivity index (χ4v) is 3.36. The van der Waals surface area contributed by atoms with Crippen LogP contribution in [0, 0.1) is 22.6 Å². The molecule has 1 aliphatic heterocycles. The molecule has 0 fully saturated rings. The summed E-state index contributed by atoms with van der Waals surface area (Å²) < 4.78 is 19.9. The maximum Gasteiger partial charge on any atom is 0.258 e. The second-order valence-corrected chi connectivity index (χ2v) is 7.74. The Bertz CT molecular complexity index is 1150. The van der Waals surface area contributed by atoms with E-state index in [2.05, 4.69) is 21.4 Å². The Balaban J connectivity index is 2.26. The smallest absolute Gasteiger partial charge is 0.258 e. The van der Waals surface area contributed by atoms with E-state index >= 15 is 0 Å². The molecule has 2 aromatic rings. The molecule has 0 spiro atoms. The summed E-state index contributed by atoms with van der Waals surface area (Å²) in [6.45, 7) is 5.23. The minimum absolute atomic E-state index is 0.0136. The maximum atomic E-state index is 14.0. The van der Waals surface area contributed by atoms with Crippen LogP contribution in [0.3, 0.4) is 0 Å². The maximum absolute atomic E-state index is 14.0. The van der Waals surface area contributed by atoms with Crippen molar-refractivity contribution in [3.05, 3.63) is 52.7 Å². The normalized spacial score (nSPS) is 18.2. The summed E-state index contributed by atoms with van der Waals surface area (Å²) >= 11 is 0. The van der Waals surface area contributed by atoms with Gasteiger partial charge in [0.2, 0.25) is 0 Å². The van der Waals surface area contributed by atoms with Gasteiger partial charge < -0.3 is 26.1 Å². The molecule has 1 atom stereocenters. The Kier molecular flexibility index (Phi) is 6.39. The number of carbonyl (C=O) groups excluding carboxylic acids is 1. The fourth-order valence-electron chi connectivity index (χ4n) is 3.36. The summed E-state index contributed by atoms with van der Waals surface area (Å²) in [5.74, 6) is -0.997. The van der Waals surface area contributed by atoms with Crippen molar-refractivity contribution in [3.8, 4) is 11.9 Å². The van der Waals surface area contributed by atoms with Crippen LogP contribution in [0.4, 0.5) is 10.2 Å². The molecule has 1 amide bonds. The van der Waals surface area contributed by atoms with E-state index in [0.717, 1.165) is 0 Å². The molecule has 9 nitrogen and oxygen atoms in total. The third-order valence-electron chi connectivity index (χ3n) is 4.83. The zero-order valence-electron chi connectivity index (χ0n) is 18.2. The van der Waals surface area contributed by atoms with Crippen LogP contribution in [0.5, 0.6) is 5.88 Å². The first-order valence-electron chi connectivity index (χ1n) is 9.95. The molecule has 0 aliphatic carbocycles. The molecule has 0 saturated carbocycles. The largest absolute Gasteiger partial charge is 0.467 e. The number of nitrogens with one attached hydrogen (secondary N) is 2. The summed E-state index contributed by atoms with van der Waals surface area (Å²) in [5, 5.41) is 21.4. The lowest BCUT2D eigenvalue weighted by atomic mass is 10.00. The predicted octanol–water partition coefficient (Wildman–Crippen LogP) is 2.68. The Morgan fingerprint density at radius 1 is 1.47 bits per heavy atom. The van der Waals surface area contributed by atoms with Gasteiger partial charge in [-0.2, -0.15) is 5.26 Å². The first-order chi connectivity index (χ1) is 15.1. The van der Waals surface area contributed by atoms with Crippen LogP contribution in [0.1, 0.15) is 48.5 Å². The Hall–Kier alpha value is -4.00. The van der Waals surface area contributed by atoms with Gasteiger partial charge in [0.05, 0.1) is 29.7 Å². The van der Waals surface area contributed by atoms with Gasteiger partial charge in [0, 0.05) is 24.2 Å². The summed E-state index contributed by atoms with van der Waals surface area (Å²) in [5.41, 5.74) is 6.95. The molecular formula is C22H24FN7O2. The standard InChI is InChI=1S/C22H24FN7O2/c1-11(2)28-17(8-24)19-16(25)10-30(4)22(31)14-6-5-13(23)7-15(14)12(3)32-21-20(26)27-9-18(19)29-21/h5-7,9,11-12,25,28H,10H2,1-4H3,(H2,26,27)/b19-17+,25-16?/t12-/m1/s1. The van der Waals surface area contributed by atoms with Crippen molar-refractivity contribution >= 4 is 23.0 Å². The van der Waals surface area contributed by atoms with E-state index in [0.29, 0.717) is 5.56 Å². The number of aromatic nitrogens is 2. The van der Waals surface area contributed by atoms with E-state index in [1.54, 1.807) is 6.92 Å². The summed E-state index contributed by atoms with van der Waals surface area (Å²) in [6, 6.07) is 5.77. The molecule has 0 saturated heterocycles. The van der Waals surface area contributed by atoms with Crippen LogP contribution in [-0.2, 0) is 0 Å². The third kappa shape index (κ3) is 4.51. The first-order valence-corrected chi connectivity index (χ1v) is 9.95. The van der Waals surface area contributed by atoms with E-state index < -0.39 is 17.8 Å². The number of fused-ring (bicyclic) bond motifs is 3. The number of benzene rings is 1. The van der Waals surface area contributed by atoms with Crippen LogP contribution < -0.4 is 15.8 Å². The van der Waals surface area contributed by atoms with Gasteiger partial charge in [0.15, 0.2) is 5.82 Å². The summed E-state index contributed by atoms with van der Waals surface area (Å²) in [6.07, 6.45) is 0.567. The highest BCUT2D eigenvalue weighted by Crippen LogP contribution is 2.30. The van der Waals surface area contributed by atoms with Crippen LogP contribution in [0.15, 0.2) is 30.1 Å². The van der Waals surface area contributed by atoms with Gasteiger partial charge in [-0.1, -0.05) is 0 Å². The number of ether oxygens (including phenoxy) is 1. The van der Waals surface area contributed by atoms with Crippen molar-refractivity contribution in [1.29, 1.82) is 10.7 Å². The fraction of sp³-hybridized carbons (Fsp3) is 0.318. The number of carbonyl (C=O) groups is 1. The molecule has 4 N–H and O–H groups in total. The van der Waals surface area contributed by atoms with Gasteiger partial charge >= 0.3 is 0 Å². The molecule has 0 radical (unpaired) electrons. The van der Waals surface area contributed by atoms with Crippen LogP contribution in [0.25, 0.3) is 5.57 Å². The molecular weight excluding hydrogens is 413 g/mol. The summed E-state index contributed by atoms with van der Waals surface area (Å²) in [4.78, 5) is 23.0. The molecule has 1 aromatic heterocycles. The molecule has 10 heteroatoms. The highest BCUT2D eigenvalue weighted by Gasteiger charge is 2.27. The second kappa shape index (κ2) is 9.01. The van der Waals surface area contributed by atoms with E-state index in [9.17, 15) is 14.4 Å². The van der Waals surface area contributed by atoms with E-state index in [1.807, 2.05) is 13.8 Å². The van der Waals surface area contributed by atoms with Crippen molar-refractivity contribution in [3.63, 3.8) is 0 Å². The van der Waals surface area contributed by atoms with Crippen LogP contribution in [0.2, 0.25) is 0 Å². The molecule has 1 aromatic carbocycles. The van der Waals surface area contributed by atoms with Gasteiger partial charge in [-0.3, -0.25) is 4.79 Å². The van der Waals surface area contributed by atoms with E-state index in [-0.39, 0.29) is 52.5 Å². The number of allylic oxidation sites excluding steroid dienone is 1. The van der Waals surface area contributed by atoms with Crippen molar-refractivity contribution < 1.29 is 13.9 Å². The van der Waals surface area contributed by atoms with Gasteiger partial charge in [-0.05, 0) is 39.0 Å². The number of nitrogen functional groups attached to an aromatic ring is 1. The van der Waals surface area contributed by atoms with E-state index in [1.165, 1.54) is 36.3 Å². The van der Waals surface area contributed by atoms with Gasteiger partial charge in [-0.25, -0.2) is 14.4 Å². The number of nitrogens with zero attached hydrogens (tertiary/aromatic N) is 4. The number of halogens is 1. The van der Waals surface area contributed by atoms with Crippen molar-refractivity contribution in [2.45, 2.75) is 32.9 Å². The number of anilines is 1. The molecule has 32 heavy (non-hydrogen) atoms. The Morgan fingerprint density at radius 2 is 2.19 bits per heavy atom. The number of nitrogens with two attached hydrogens (primary N) is 1. The Labute approximate surface area is 185 Å². The SMILES string of the molecule is CC(C)N/C(C#N)=C1\C(=N)CN(C)C(=O)c2ccc(F)cc2[C@@H](C)Oc2nc1cnc2N. The van der Waals surface area contributed by atoms with Crippen LogP contribution >= 0.6 is 0 Å². The number of nitriles is 1. The van der Waals surface area contributed by atoms with Crippen molar-refractivity contribution in [2.24, 2.45) is 0 Å². The second-order valence-electron chi connectivity index (χ2n) is 7.74. The monoisotopic (exact) mass is 437 g/mol. The lowest BCUT2D eigenvalue weighted by molar-refractivity contribution is 0.0809. The molecule has 0 unspecified atom stereocenters. The number of hydrogen-bond donors (Lipinski definition) is 3. The van der Waals surface area contributed by atoms with Gasteiger partial charge in [-0.15, -0.1) is 0 Å². The molecule has 2 heterocycles. The Morgan fingerprint density at radius 3 is 2.84 bits per heavy atom. The average molecular weight is 437 g/mol. The van der Waals surface area contributed by atoms with Crippen molar-refractivity contribution in [1.82, 2.24) is 20.2 Å². The molecule has 166 valence electrons. The zero-order valence-corrected chi connectivity index (χ0v) is 18.2. The van der Waals surface area contributed by atoms with Crippen LogP contribution in [-0.4, -0.2) is 46.1 Å². The van der Waals surface area contributed by atoms with Gasteiger partial charge in [0.25, 0.3) is 11.8 Å². The minimum atomic E-state index is -0.777. The van der Waals surface area contributed by atoms with Crippen molar-refractivity contribution in [2.75, 3.05) is 19.3 Å². The lowest BCUT2D eigenvalue weighted by Gasteiger charge is -2.25. The average Bonchev–Trinajstić information content (AvgIpc) is 2.73. The topological polar surface area (TPSA) is 141 Å². The highest BCUT2D eigenvalue weighted by molar-refractivity contribution is 6.24. The molecule has 2 bridgehead atoms. The lowest BCUT2D eigenvalue weighted by Crippen LogP contribution is -2.35.